The fourth-order valence-corrected chi connectivity index (χ4v) is 10.1. The van der Waals surface area contributed by atoms with Crippen LogP contribution >= 0.6 is 0 Å². The largest absolute Gasteiger partial charge is 0.417 e. The number of alkyl halides is 3. The van der Waals surface area contributed by atoms with Gasteiger partial charge in [0.25, 0.3) is 17.7 Å². The van der Waals surface area contributed by atoms with Gasteiger partial charge in [0.05, 0.1) is 28.3 Å². The summed E-state index contributed by atoms with van der Waals surface area (Å²) < 4.78 is 41.0. The number of imide groups is 2. The Morgan fingerprint density at radius 1 is 0.914 bits per heavy atom. The third-order valence-corrected chi connectivity index (χ3v) is 13.1. The van der Waals surface area contributed by atoms with Gasteiger partial charge in [0.1, 0.15) is 6.04 Å². The number of carbonyl (C=O) groups excluding carboxylic acids is 5. The molecule has 9 rings (SSSR count). The highest BCUT2D eigenvalue weighted by molar-refractivity contribution is 6.23. The fourth-order valence-electron chi connectivity index (χ4n) is 10.1. The molecule has 0 saturated carbocycles. The lowest BCUT2D eigenvalue weighted by Crippen LogP contribution is -2.54. The van der Waals surface area contributed by atoms with Gasteiger partial charge >= 0.3 is 6.18 Å². The number of nitrogens with one attached hydrogen (secondary N) is 1. The van der Waals surface area contributed by atoms with Gasteiger partial charge in [0.15, 0.2) is 0 Å². The number of hydrogen-bond acceptors (Lipinski definition) is 9. The van der Waals surface area contributed by atoms with Gasteiger partial charge in [-0.05, 0) is 104 Å². The van der Waals surface area contributed by atoms with E-state index < -0.39 is 41.4 Å². The minimum absolute atomic E-state index is 0.0104. The smallest absolute Gasteiger partial charge is 0.371 e. The second-order valence-corrected chi connectivity index (χ2v) is 16.9. The number of carbonyl (C=O) groups is 5. The number of piperidine rings is 2. The van der Waals surface area contributed by atoms with Crippen LogP contribution in [0, 0.1) is 22.7 Å². The van der Waals surface area contributed by atoms with Gasteiger partial charge in [0, 0.05) is 87.7 Å². The number of likely N-dealkylation sites (tertiary alicyclic amines) is 1. The van der Waals surface area contributed by atoms with Crippen molar-refractivity contribution in [3.8, 4) is 6.07 Å². The molecule has 0 aromatic heterocycles. The summed E-state index contributed by atoms with van der Waals surface area (Å²) in [4.78, 5) is 73.4. The number of benzene rings is 3. The summed E-state index contributed by atoms with van der Waals surface area (Å²) in [7, 11) is 0. The van der Waals surface area contributed by atoms with E-state index in [-0.39, 0.29) is 52.8 Å². The number of fused-ring (bicyclic) bond motifs is 2. The van der Waals surface area contributed by atoms with Crippen molar-refractivity contribution >= 4 is 40.9 Å². The molecule has 5 amide bonds. The topological polar surface area (TPSA) is 137 Å². The van der Waals surface area contributed by atoms with Crippen LogP contribution in [0.15, 0.2) is 54.6 Å². The Hall–Kier alpha value is -5.75. The highest BCUT2D eigenvalue weighted by Crippen LogP contribution is 2.46. The maximum Gasteiger partial charge on any atom is 0.417 e. The van der Waals surface area contributed by atoms with E-state index in [1.54, 1.807) is 24.3 Å². The van der Waals surface area contributed by atoms with Crippen LogP contribution in [-0.4, -0.2) is 95.6 Å². The summed E-state index contributed by atoms with van der Waals surface area (Å²) in [6.45, 7) is 7.58. The third-order valence-electron chi connectivity index (χ3n) is 13.1. The zero-order chi connectivity index (χ0) is 40.7. The molecule has 12 nitrogen and oxygen atoms in total. The molecule has 1 unspecified atom stereocenters. The summed E-state index contributed by atoms with van der Waals surface area (Å²) in [6, 6.07) is 16.0. The Balaban J connectivity index is 0.752. The van der Waals surface area contributed by atoms with Crippen molar-refractivity contribution in [1.29, 1.82) is 5.26 Å². The van der Waals surface area contributed by atoms with Crippen LogP contribution < -0.4 is 15.1 Å². The van der Waals surface area contributed by atoms with E-state index in [1.807, 2.05) is 29.2 Å². The molecule has 58 heavy (non-hydrogen) atoms. The molecule has 6 aliphatic heterocycles. The van der Waals surface area contributed by atoms with Gasteiger partial charge in [-0.25, -0.2) is 0 Å². The molecule has 6 heterocycles. The molecule has 0 bridgehead atoms. The average Bonchev–Trinajstić information content (AvgIpc) is 3.81. The molecular formula is C43H42F3N7O5. The number of anilines is 2. The van der Waals surface area contributed by atoms with E-state index in [0.29, 0.717) is 44.0 Å². The quantitative estimate of drug-likeness (QED) is 0.344. The first kappa shape index (κ1) is 37.8. The Bertz CT molecular complexity index is 2250. The number of rotatable bonds is 6. The standard InChI is InChI=1S/C43H42F3N7O5/c1-25-17-42(24-52(25)32-7-4-28(18-47)35(16-32)43(44,45)46)10-12-50(13-11-42)31-5-2-27(3-6-31)39(56)51-20-26(21-51)19-49-22-29-14-33-34(15-30(29)23-49)41(58)53(40(33)57)36-8-9-37(54)48-38(36)55/h2-7,14-16,25-26,36H,8-13,17,19-24H2,1H3,(H,48,54,55)/t25-,36?/m0/s1. The lowest BCUT2D eigenvalue weighted by atomic mass is 9.76. The first-order chi connectivity index (χ1) is 27.7. The van der Waals surface area contributed by atoms with E-state index in [2.05, 4.69) is 26.9 Å². The van der Waals surface area contributed by atoms with Crippen LogP contribution in [0.25, 0.3) is 0 Å². The Morgan fingerprint density at radius 3 is 2.16 bits per heavy atom. The van der Waals surface area contributed by atoms with Crippen molar-refractivity contribution in [2.45, 2.75) is 70.4 Å². The van der Waals surface area contributed by atoms with Crippen LogP contribution in [0.1, 0.15) is 92.4 Å². The summed E-state index contributed by atoms with van der Waals surface area (Å²) in [5.74, 6) is -1.79. The average molecular weight is 794 g/mol. The van der Waals surface area contributed by atoms with Crippen LogP contribution in [0.5, 0.6) is 0 Å². The van der Waals surface area contributed by atoms with Gasteiger partial charge in [-0.1, -0.05) is 0 Å². The molecule has 1 N–H and O–H groups in total. The molecule has 3 aromatic carbocycles. The summed E-state index contributed by atoms with van der Waals surface area (Å²) >= 11 is 0. The number of amides is 5. The van der Waals surface area contributed by atoms with Crippen molar-refractivity contribution in [3.63, 3.8) is 0 Å². The molecule has 4 fully saturated rings. The predicted molar refractivity (Wildman–Crippen MR) is 205 cm³/mol. The third kappa shape index (κ3) is 6.57. The molecule has 0 radical (unpaired) electrons. The fraction of sp³-hybridized carbons (Fsp3) is 0.442. The van der Waals surface area contributed by atoms with Crippen molar-refractivity contribution in [2.24, 2.45) is 11.3 Å². The van der Waals surface area contributed by atoms with E-state index >= 15 is 0 Å². The molecule has 1 spiro atoms. The van der Waals surface area contributed by atoms with Crippen LogP contribution in [0.4, 0.5) is 24.5 Å². The van der Waals surface area contributed by atoms with Crippen LogP contribution in [-0.2, 0) is 28.9 Å². The summed E-state index contributed by atoms with van der Waals surface area (Å²) in [6.07, 6.45) is -1.73. The van der Waals surface area contributed by atoms with Crippen molar-refractivity contribution < 1.29 is 37.1 Å². The van der Waals surface area contributed by atoms with E-state index in [4.69, 9.17) is 0 Å². The number of hydrogen-bond donors (Lipinski definition) is 1. The zero-order valence-electron chi connectivity index (χ0n) is 32.0. The first-order valence-corrected chi connectivity index (χ1v) is 19.8. The van der Waals surface area contributed by atoms with Gasteiger partial charge in [-0.3, -0.25) is 39.1 Å². The SMILES string of the molecule is C[C@H]1CC2(CCN(c3ccc(C(=O)N4CC(CN5Cc6cc7c(cc6C5)C(=O)N(C5CCC(=O)NC5=O)C7=O)C4)cc3)CC2)CN1c1ccc(C#N)c(C(F)(F)F)c1. The molecule has 6 aliphatic rings. The van der Waals surface area contributed by atoms with Crippen molar-refractivity contribution in [3.05, 3.63) is 93.5 Å². The monoisotopic (exact) mass is 793 g/mol. The van der Waals surface area contributed by atoms with Gasteiger partial charge in [0.2, 0.25) is 11.8 Å². The lowest BCUT2D eigenvalue weighted by molar-refractivity contribution is -0.138. The van der Waals surface area contributed by atoms with Crippen molar-refractivity contribution in [1.82, 2.24) is 20.0 Å². The summed E-state index contributed by atoms with van der Waals surface area (Å²) in [5, 5.41) is 11.4. The molecular weight excluding hydrogens is 752 g/mol. The Morgan fingerprint density at radius 2 is 1.55 bits per heavy atom. The second kappa shape index (κ2) is 14.0. The number of nitriles is 1. The number of halogens is 3. The zero-order valence-corrected chi connectivity index (χ0v) is 32.0. The molecule has 0 aliphatic carbocycles. The molecule has 4 saturated heterocycles. The normalized spacial score (nSPS) is 23.3. The Kier molecular flexibility index (Phi) is 9.11. The molecule has 15 heteroatoms. The minimum atomic E-state index is -4.60. The van der Waals surface area contributed by atoms with Crippen LogP contribution in [0.3, 0.4) is 0 Å². The van der Waals surface area contributed by atoms with Gasteiger partial charge < -0.3 is 14.7 Å². The lowest BCUT2D eigenvalue weighted by Gasteiger charge is -2.41. The highest BCUT2D eigenvalue weighted by atomic mass is 19.4. The maximum absolute atomic E-state index is 13.7. The second-order valence-electron chi connectivity index (χ2n) is 16.9. The van der Waals surface area contributed by atoms with Crippen LogP contribution in [0.2, 0.25) is 0 Å². The maximum atomic E-state index is 13.7. The number of nitrogens with zero attached hydrogens (tertiary/aromatic N) is 6. The van der Waals surface area contributed by atoms with E-state index in [0.717, 1.165) is 66.7 Å². The molecule has 2 atom stereocenters. The van der Waals surface area contributed by atoms with E-state index in [1.165, 1.54) is 6.07 Å². The van der Waals surface area contributed by atoms with E-state index in [9.17, 15) is 42.4 Å². The van der Waals surface area contributed by atoms with Crippen molar-refractivity contribution in [2.75, 3.05) is 49.1 Å². The van der Waals surface area contributed by atoms with Gasteiger partial charge in [-0.2, -0.15) is 18.4 Å². The van der Waals surface area contributed by atoms with Gasteiger partial charge in [-0.15, -0.1) is 0 Å². The predicted octanol–water partition coefficient (Wildman–Crippen LogP) is 4.95. The Labute approximate surface area is 333 Å². The minimum Gasteiger partial charge on any atom is -0.371 e. The molecule has 300 valence electrons. The highest BCUT2D eigenvalue weighted by Gasteiger charge is 2.47. The summed E-state index contributed by atoms with van der Waals surface area (Å²) in [5.41, 5.74) is 3.39. The first-order valence-electron chi connectivity index (χ1n) is 19.8. The molecule has 3 aromatic rings.